The van der Waals surface area contributed by atoms with Crippen LogP contribution in [-0.4, -0.2) is 26.9 Å². The zero-order valence-corrected chi connectivity index (χ0v) is 15.2. The molecule has 0 spiro atoms. The van der Waals surface area contributed by atoms with Gasteiger partial charge in [-0.15, -0.1) is 5.10 Å². The van der Waals surface area contributed by atoms with E-state index in [2.05, 4.69) is 17.1 Å². The SMILES string of the molecule is COc1ccc2ccc(C3CCC3)c(-c3ncn(-c4ccccc4)n3)c2n1. The van der Waals surface area contributed by atoms with Crippen molar-refractivity contribution in [1.82, 2.24) is 19.7 Å². The number of methoxy groups -OCH3 is 1. The van der Waals surface area contributed by atoms with Crippen molar-refractivity contribution in [2.45, 2.75) is 25.2 Å². The third-order valence-electron chi connectivity index (χ3n) is 5.36. The largest absolute Gasteiger partial charge is 0.481 e. The van der Waals surface area contributed by atoms with Gasteiger partial charge >= 0.3 is 0 Å². The lowest BCUT2D eigenvalue weighted by atomic mass is 9.77. The van der Waals surface area contributed by atoms with E-state index in [1.807, 2.05) is 47.1 Å². The van der Waals surface area contributed by atoms with E-state index < -0.39 is 0 Å². The number of hydrogen-bond donors (Lipinski definition) is 0. The average Bonchev–Trinajstić information content (AvgIpc) is 3.16. The molecule has 0 aliphatic heterocycles. The highest BCUT2D eigenvalue weighted by molar-refractivity contribution is 5.94. The summed E-state index contributed by atoms with van der Waals surface area (Å²) in [5.41, 5.74) is 4.22. The highest BCUT2D eigenvalue weighted by atomic mass is 16.5. The van der Waals surface area contributed by atoms with E-state index in [0.29, 0.717) is 17.6 Å². The van der Waals surface area contributed by atoms with Gasteiger partial charge in [0.15, 0.2) is 5.82 Å². The molecule has 0 amide bonds. The van der Waals surface area contributed by atoms with Gasteiger partial charge in [0, 0.05) is 11.5 Å². The number of aromatic nitrogens is 4. The van der Waals surface area contributed by atoms with Gasteiger partial charge in [-0.2, -0.15) is 0 Å². The molecule has 1 saturated carbocycles. The molecule has 5 heteroatoms. The fourth-order valence-corrected chi connectivity index (χ4v) is 3.68. The van der Waals surface area contributed by atoms with Crippen LogP contribution in [0.1, 0.15) is 30.7 Å². The summed E-state index contributed by atoms with van der Waals surface area (Å²) < 4.78 is 7.19. The van der Waals surface area contributed by atoms with E-state index in [9.17, 15) is 0 Å². The number of rotatable bonds is 4. The van der Waals surface area contributed by atoms with Crippen LogP contribution in [0.25, 0.3) is 28.0 Å². The van der Waals surface area contributed by atoms with Crippen molar-refractivity contribution >= 4 is 10.9 Å². The molecular formula is C22H20N4O. The Labute approximate surface area is 157 Å². The van der Waals surface area contributed by atoms with Crippen LogP contribution in [0.5, 0.6) is 5.88 Å². The Hall–Kier alpha value is -3.21. The van der Waals surface area contributed by atoms with Gasteiger partial charge in [0.25, 0.3) is 0 Å². The van der Waals surface area contributed by atoms with Crippen molar-refractivity contribution in [3.8, 4) is 23.0 Å². The van der Waals surface area contributed by atoms with Gasteiger partial charge in [0.2, 0.25) is 5.88 Å². The molecule has 0 saturated heterocycles. The normalized spacial score (nSPS) is 14.3. The van der Waals surface area contributed by atoms with Crippen LogP contribution < -0.4 is 4.74 Å². The van der Waals surface area contributed by atoms with Crippen LogP contribution in [0.15, 0.2) is 60.9 Å². The van der Waals surface area contributed by atoms with E-state index in [4.69, 9.17) is 14.8 Å². The molecule has 1 aliphatic rings. The first-order valence-electron chi connectivity index (χ1n) is 9.28. The molecule has 0 radical (unpaired) electrons. The van der Waals surface area contributed by atoms with Crippen molar-refractivity contribution in [3.63, 3.8) is 0 Å². The van der Waals surface area contributed by atoms with Crippen molar-refractivity contribution < 1.29 is 4.74 Å². The Morgan fingerprint density at radius 1 is 1.00 bits per heavy atom. The van der Waals surface area contributed by atoms with Crippen LogP contribution in [0, 0.1) is 0 Å². The second kappa shape index (κ2) is 6.50. The van der Waals surface area contributed by atoms with Crippen molar-refractivity contribution in [1.29, 1.82) is 0 Å². The summed E-state index contributed by atoms with van der Waals surface area (Å²) in [4.78, 5) is 9.38. The molecular weight excluding hydrogens is 336 g/mol. The summed E-state index contributed by atoms with van der Waals surface area (Å²) in [5, 5.41) is 5.86. The first-order chi connectivity index (χ1) is 13.3. The molecule has 27 heavy (non-hydrogen) atoms. The first-order valence-corrected chi connectivity index (χ1v) is 9.28. The second-order valence-electron chi connectivity index (χ2n) is 6.93. The van der Waals surface area contributed by atoms with E-state index >= 15 is 0 Å². The van der Waals surface area contributed by atoms with Crippen LogP contribution in [0.3, 0.4) is 0 Å². The van der Waals surface area contributed by atoms with E-state index in [1.54, 1.807) is 13.4 Å². The topological polar surface area (TPSA) is 52.8 Å². The highest BCUT2D eigenvalue weighted by Crippen LogP contribution is 2.43. The number of para-hydroxylation sites is 1. The summed E-state index contributed by atoms with van der Waals surface area (Å²) >= 11 is 0. The lowest BCUT2D eigenvalue weighted by Crippen LogP contribution is -2.11. The molecule has 1 fully saturated rings. The van der Waals surface area contributed by atoms with Gasteiger partial charge in [-0.25, -0.2) is 14.6 Å². The zero-order chi connectivity index (χ0) is 18.2. The van der Waals surface area contributed by atoms with Crippen molar-refractivity contribution in [3.05, 3.63) is 66.5 Å². The lowest BCUT2D eigenvalue weighted by Gasteiger charge is -2.27. The molecule has 0 atom stereocenters. The fraction of sp³-hybridized carbons (Fsp3) is 0.227. The summed E-state index contributed by atoms with van der Waals surface area (Å²) in [5.74, 6) is 1.88. The fourth-order valence-electron chi connectivity index (χ4n) is 3.68. The number of nitrogens with zero attached hydrogens (tertiary/aromatic N) is 4. The Morgan fingerprint density at radius 2 is 1.81 bits per heavy atom. The Morgan fingerprint density at radius 3 is 2.56 bits per heavy atom. The molecule has 2 aromatic heterocycles. The molecule has 2 heterocycles. The molecule has 0 N–H and O–H groups in total. The van der Waals surface area contributed by atoms with E-state index in [0.717, 1.165) is 22.2 Å². The number of pyridine rings is 1. The smallest absolute Gasteiger partial charge is 0.213 e. The maximum atomic E-state index is 5.37. The van der Waals surface area contributed by atoms with E-state index in [-0.39, 0.29) is 0 Å². The average molecular weight is 356 g/mol. The lowest BCUT2D eigenvalue weighted by molar-refractivity contribution is 0.399. The standard InChI is InChI=1S/C22H20N4O/c1-27-19-13-11-16-10-12-18(15-6-5-7-15)20(21(16)24-19)22-23-14-26(25-22)17-8-3-2-4-9-17/h2-4,8-15H,5-7H2,1H3. The quantitative estimate of drug-likeness (QED) is 0.529. The molecule has 5 nitrogen and oxygen atoms in total. The summed E-state index contributed by atoms with van der Waals surface area (Å²) in [6, 6.07) is 18.4. The van der Waals surface area contributed by atoms with Gasteiger partial charge in [0.05, 0.1) is 23.9 Å². The number of fused-ring (bicyclic) bond motifs is 1. The predicted octanol–water partition coefficient (Wildman–Crippen LogP) is 4.76. The van der Waals surface area contributed by atoms with Gasteiger partial charge in [-0.3, -0.25) is 0 Å². The third-order valence-corrected chi connectivity index (χ3v) is 5.36. The Bertz CT molecular complexity index is 1100. The molecule has 2 aromatic carbocycles. The Kier molecular flexibility index (Phi) is 3.85. The van der Waals surface area contributed by atoms with Gasteiger partial charge in [-0.05, 0) is 42.5 Å². The molecule has 5 rings (SSSR count). The van der Waals surface area contributed by atoms with Crippen molar-refractivity contribution in [2.75, 3.05) is 7.11 Å². The summed E-state index contributed by atoms with van der Waals surface area (Å²) in [7, 11) is 1.64. The molecule has 0 unspecified atom stereocenters. The maximum Gasteiger partial charge on any atom is 0.213 e. The van der Waals surface area contributed by atoms with Crippen molar-refractivity contribution in [2.24, 2.45) is 0 Å². The number of benzene rings is 2. The molecule has 1 aliphatic carbocycles. The van der Waals surface area contributed by atoms with Crippen LogP contribution in [0.2, 0.25) is 0 Å². The van der Waals surface area contributed by atoms with Gasteiger partial charge < -0.3 is 4.74 Å². The van der Waals surface area contributed by atoms with Crippen LogP contribution in [0.4, 0.5) is 0 Å². The predicted molar refractivity (Wildman–Crippen MR) is 105 cm³/mol. The zero-order valence-electron chi connectivity index (χ0n) is 15.2. The number of ether oxygens (including phenoxy) is 1. The minimum atomic E-state index is 0.557. The first kappa shape index (κ1) is 16.0. The third kappa shape index (κ3) is 2.76. The van der Waals surface area contributed by atoms with Crippen LogP contribution in [-0.2, 0) is 0 Å². The maximum absolute atomic E-state index is 5.37. The summed E-state index contributed by atoms with van der Waals surface area (Å²) in [6.45, 7) is 0. The molecule has 4 aromatic rings. The number of hydrogen-bond acceptors (Lipinski definition) is 4. The Balaban J connectivity index is 1.71. The van der Waals surface area contributed by atoms with Gasteiger partial charge in [0.1, 0.15) is 6.33 Å². The monoisotopic (exact) mass is 356 g/mol. The summed E-state index contributed by atoms with van der Waals surface area (Å²) in [6.07, 6.45) is 5.47. The van der Waals surface area contributed by atoms with E-state index in [1.165, 1.54) is 24.8 Å². The van der Waals surface area contributed by atoms with Gasteiger partial charge in [-0.1, -0.05) is 36.8 Å². The minimum absolute atomic E-state index is 0.557. The highest BCUT2D eigenvalue weighted by Gasteiger charge is 2.26. The molecule has 134 valence electrons. The van der Waals surface area contributed by atoms with Crippen LogP contribution >= 0.6 is 0 Å². The minimum Gasteiger partial charge on any atom is -0.481 e. The molecule has 0 bridgehead atoms. The second-order valence-corrected chi connectivity index (χ2v) is 6.93.